The van der Waals surface area contributed by atoms with Crippen molar-refractivity contribution in [3.8, 4) is 17.3 Å². The molecule has 0 unspecified atom stereocenters. The molecule has 264 valence electrons. The zero-order chi connectivity index (χ0) is 35.7. The predicted molar refractivity (Wildman–Crippen MR) is 198 cm³/mol. The number of rotatable bonds is 10. The summed E-state index contributed by atoms with van der Waals surface area (Å²) in [6.45, 7) is 10.1. The Balaban J connectivity index is 0.946. The van der Waals surface area contributed by atoms with Crippen LogP contribution in [0.4, 0.5) is 11.4 Å². The van der Waals surface area contributed by atoms with E-state index in [1.165, 1.54) is 5.57 Å². The molecular weight excluding hydrogens is 642 g/mol. The number of hydrogen-bond acceptors (Lipinski definition) is 9. The maximum Gasteiger partial charge on any atom is 0.237 e. The van der Waals surface area contributed by atoms with Crippen molar-refractivity contribution in [2.75, 3.05) is 49.9 Å². The summed E-state index contributed by atoms with van der Waals surface area (Å²) in [5, 5.41) is 13.4. The number of likely N-dealkylation sites (tertiary alicyclic amines) is 1. The van der Waals surface area contributed by atoms with Crippen LogP contribution in [0.2, 0.25) is 0 Å². The molecule has 0 bridgehead atoms. The average molecular weight is 688 g/mol. The van der Waals surface area contributed by atoms with E-state index in [1.807, 2.05) is 47.4 Å². The third kappa shape index (κ3) is 7.01. The van der Waals surface area contributed by atoms with Gasteiger partial charge in [0, 0.05) is 73.1 Å². The maximum absolute atomic E-state index is 14.0. The Bertz CT molecular complexity index is 1970. The summed E-state index contributed by atoms with van der Waals surface area (Å²) in [7, 11) is 0. The molecule has 51 heavy (non-hydrogen) atoms. The summed E-state index contributed by atoms with van der Waals surface area (Å²) in [6, 6.07) is 17.3. The standard InChI is InChI=1S/C39H45N9O3/c1-4-47-25-43-37(44-47)29-7-5-27(6-8-29)28-13-17-46(18-14-28)35(49)23-45-19-15-39(24-45)16-20-48(38(39)50)31-10-11-33(40)32(21-31)36(41)30-9-12-34(42-22-30)51-26(2)3/h5-13,21-22,25-26,41H,4,14-20,23-24,40H2,1-3H3/t39-/m0/s1. The van der Waals surface area contributed by atoms with Crippen molar-refractivity contribution >= 4 is 34.5 Å². The Hall–Kier alpha value is -5.36. The van der Waals surface area contributed by atoms with Crippen LogP contribution in [0.5, 0.6) is 5.88 Å². The van der Waals surface area contributed by atoms with Crippen molar-refractivity contribution in [1.29, 1.82) is 5.41 Å². The monoisotopic (exact) mass is 687 g/mol. The number of nitrogens with one attached hydrogen (secondary N) is 1. The van der Waals surface area contributed by atoms with Crippen LogP contribution < -0.4 is 15.4 Å². The van der Waals surface area contributed by atoms with Gasteiger partial charge in [-0.05, 0) is 82.0 Å². The molecule has 5 heterocycles. The van der Waals surface area contributed by atoms with E-state index in [0.29, 0.717) is 62.0 Å². The van der Waals surface area contributed by atoms with Gasteiger partial charge in [0.25, 0.3) is 0 Å². The van der Waals surface area contributed by atoms with Crippen LogP contribution in [-0.4, -0.2) is 92.4 Å². The van der Waals surface area contributed by atoms with E-state index in [1.54, 1.807) is 30.7 Å². The van der Waals surface area contributed by atoms with Crippen molar-refractivity contribution < 1.29 is 14.3 Å². The van der Waals surface area contributed by atoms with Crippen LogP contribution in [0.25, 0.3) is 17.0 Å². The molecule has 2 amide bonds. The number of nitrogens with zero attached hydrogens (tertiary/aromatic N) is 7. The molecule has 7 rings (SSSR count). The van der Waals surface area contributed by atoms with Gasteiger partial charge in [-0.2, -0.15) is 5.10 Å². The highest BCUT2D eigenvalue weighted by Gasteiger charge is 2.51. The smallest absolute Gasteiger partial charge is 0.237 e. The lowest BCUT2D eigenvalue weighted by atomic mass is 9.85. The van der Waals surface area contributed by atoms with E-state index in [9.17, 15) is 9.59 Å². The molecular formula is C39H45N9O3. The van der Waals surface area contributed by atoms with Crippen LogP contribution >= 0.6 is 0 Å². The van der Waals surface area contributed by atoms with Gasteiger partial charge in [0.15, 0.2) is 5.82 Å². The Morgan fingerprint density at radius 1 is 1.02 bits per heavy atom. The Kier molecular flexibility index (Phi) is 9.43. The minimum Gasteiger partial charge on any atom is -0.475 e. The number of aromatic nitrogens is 4. The first-order chi connectivity index (χ1) is 24.6. The molecule has 3 N–H and O–H groups in total. The molecule has 1 spiro atoms. The van der Waals surface area contributed by atoms with Crippen LogP contribution in [0.1, 0.15) is 56.7 Å². The summed E-state index contributed by atoms with van der Waals surface area (Å²) >= 11 is 0. The third-order valence-corrected chi connectivity index (χ3v) is 10.2. The molecule has 12 heteroatoms. The zero-order valence-electron chi connectivity index (χ0n) is 29.5. The SMILES string of the molecule is CCn1cnc(-c2ccc(C3=CCN(C(=O)CN4CC[C@]5(CCN(c6ccc(N)c(C(=N)c7ccc(OC(C)C)nc7)c6)C5=O)C4)CC3)cc2)n1. The molecule has 0 radical (unpaired) electrons. The molecule has 3 aliphatic rings. The summed E-state index contributed by atoms with van der Waals surface area (Å²) < 4.78 is 7.45. The first kappa shape index (κ1) is 34.1. The fourth-order valence-electron chi connectivity index (χ4n) is 7.32. The fraction of sp³-hybridized carbons (Fsp3) is 0.385. The van der Waals surface area contributed by atoms with Gasteiger partial charge in [0.1, 0.15) is 6.33 Å². The normalized spacial score (nSPS) is 19.3. The zero-order valence-corrected chi connectivity index (χ0v) is 29.5. The number of carbonyl (C=O) groups is 2. The van der Waals surface area contributed by atoms with Gasteiger partial charge in [-0.25, -0.2) is 9.97 Å². The molecule has 3 aliphatic heterocycles. The predicted octanol–water partition coefficient (Wildman–Crippen LogP) is 4.89. The number of carbonyl (C=O) groups excluding carboxylic acids is 2. The second kappa shape index (κ2) is 14.1. The van der Waals surface area contributed by atoms with Gasteiger partial charge in [-0.1, -0.05) is 30.3 Å². The second-order valence-electron chi connectivity index (χ2n) is 14.0. The number of pyridine rings is 1. The molecule has 0 aliphatic carbocycles. The molecule has 0 saturated carbocycles. The largest absolute Gasteiger partial charge is 0.475 e. The van der Waals surface area contributed by atoms with E-state index in [4.69, 9.17) is 15.9 Å². The number of nitrogens with two attached hydrogens (primary N) is 1. The van der Waals surface area contributed by atoms with Gasteiger partial charge in [0.05, 0.1) is 23.8 Å². The first-order valence-corrected chi connectivity index (χ1v) is 17.8. The van der Waals surface area contributed by atoms with Gasteiger partial charge in [0.2, 0.25) is 17.7 Å². The maximum atomic E-state index is 14.0. The highest BCUT2D eigenvalue weighted by molar-refractivity contribution is 6.14. The van der Waals surface area contributed by atoms with Gasteiger partial charge < -0.3 is 20.3 Å². The summed E-state index contributed by atoms with van der Waals surface area (Å²) in [5.74, 6) is 1.39. The summed E-state index contributed by atoms with van der Waals surface area (Å²) in [4.78, 5) is 42.0. The molecule has 2 aromatic carbocycles. The number of benzene rings is 2. The minimum absolute atomic E-state index is 0.00176. The van der Waals surface area contributed by atoms with Crippen LogP contribution in [0.15, 0.2) is 73.2 Å². The number of nitrogen functional groups attached to an aromatic ring is 1. The number of amides is 2. The van der Waals surface area contributed by atoms with Crippen molar-refractivity contribution in [2.45, 2.75) is 52.7 Å². The van der Waals surface area contributed by atoms with E-state index >= 15 is 0 Å². The highest BCUT2D eigenvalue weighted by Crippen LogP contribution is 2.43. The summed E-state index contributed by atoms with van der Waals surface area (Å²) in [5.41, 5.74) is 11.8. The number of anilines is 2. The third-order valence-electron chi connectivity index (χ3n) is 10.2. The molecule has 2 fully saturated rings. The van der Waals surface area contributed by atoms with Crippen LogP contribution in [0, 0.1) is 10.8 Å². The molecule has 1 atom stereocenters. The minimum atomic E-state index is -0.517. The molecule has 12 nitrogen and oxygen atoms in total. The lowest BCUT2D eigenvalue weighted by Crippen LogP contribution is -2.43. The summed E-state index contributed by atoms with van der Waals surface area (Å²) in [6.07, 6.45) is 7.74. The van der Waals surface area contributed by atoms with Crippen LogP contribution in [0.3, 0.4) is 0 Å². The van der Waals surface area contributed by atoms with Crippen molar-refractivity contribution in [3.63, 3.8) is 0 Å². The second-order valence-corrected chi connectivity index (χ2v) is 14.0. The highest BCUT2D eigenvalue weighted by atomic mass is 16.5. The van der Waals surface area contributed by atoms with Gasteiger partial charge in [-0.3, -0.25) is 24.6 Å². The van der Waals surface area contributed by atoms with E-state index in [0.717, 1.165) is 48.4 Å². The van der Waals surface area contributed by atoms with Gasteiger partial charge >= 0.3 is 0 Å². The lowest BCUT2D eigenvalue weighted by molar-refractivity contribution is -0.132. The topological polar surface area (TPSA) is 147 Å². The first-order valence-electron chi connectivity index (χ1n) is 17.8. The molecule has 2 saturated heterocycles. The lowest BCUT2D eigenvalue weighted by Gasteiger charge is -2.29. The van der Waals surface area contributed by atoms with E-state index in [2.05, 4.69) is 50.3 Å². The van der Waals surface area contributed by atoms with Crippen molar-refractivity contribution in [1.82, 2.24) is 29.5 Å². The fourth-order valence-corrected chi connectivity index (χ4v) is 7.32. The Morgan fingerprint density at radius 2 is 1.80 bits per heavy atom. The number of ether oxygens (including phenoxy) is 1. The molecule has 4 aromatic rings. The van der Waals surface area contributed by atoms with Crippen LogP contribution in [-0.2, 0) is 16.1 Å². The van der Waals surface area contributed by atoms with E-state index < -0.39 is 5.41 Å². The Labute approximate surface area is 298 Å². The van der Waals surface area contributed by atoms with Crippen molar-refractivity contribution in [2.24, 2.45) is 5.41 Å². The number of hydrogen-bond donors (Lipinski definition) is 2. The van der Waals surface area contributed by atoms with E-state index in [-0.39, 0.29) is 23.6 Å². The average Bonchev–Trinajstić information content (AvgIpc) is 3.88. The van der Waals surface area contributed by atoms with Crippen molar-refractivity contribution in [3.05, 3.63) is 89.9 Å². The quantitative estimate of drug-likeness (QED) is 0.177. The number of aryl methyl sites for hydroxylation is 1. The molecule has 2 aromatic heterocycles. The Morgan fingerprint density at radius 3 is 2.49 bits per heavy atom. The van der Waals surface area contributed by atoms with Gasteiger partial charge in [-0.15, -0.1) is 0 Å².